The summed E-state index contributed by atoms with van der Waals surface area (Å²) in [5, 5.41) is 2.72. The Balaban J connectivity index is 2.01. The van der Waals surface area contributed by atoms with Gasteiger partial charge in [-0.15, -0.1) is 0 Å². The lowest BCUT2D eigenvalue weighted by Crippen LogP contribution is -2.05. The second-order valence-electron chi connectivity index (χ2n) is 6.05. The Morgan fingerprint density at radius 2 is 1.64 bits per heavy atom. The minimum absolute atomic E-state index is 0.915. The Kier molecular flexibility index (Phi) is 3.34. The molecule has 110 valence electrons. The maximum Gasteiger partial charge on any atom is 0.118 e. The maximum atomic E-state index is 5.31. The summed E-state index contributed by atoms with van der Waals surface area (Å²) in [6.45, 7) is 0. The number of methoxy groups -OCH3 is 1. The number of fused-ring (bicyclic) bond motifs is 2. The Morgan fingerprint density at radius 1 is 0.864 bits per heavy atom. The molecule has 0 bridgehead atoms. The van der Waals surface area contributed by atoms with Gasteiger partial charge in [-0.2, -0.15) is 0 Å². The molecule has 0 N–H and O–H groups in total. The number of rotatable bonds is 2. The molecule has 0 unspecified atom stereocenters. The molecule has 1 nitrogen and oxygen atoms in total. The molecule has 0 spiro atoms. The predicted molar refractivity (Wildman–Crippen MR) is 92.6 cm³/mol. The molecule has 4 rings (SSSR count). The SMILES string of the molecule is COc1ccc(-c2c3c(cc4ccccc24)CCCC3)cc1. The van der Waals surface area contributed by atoms with Gasteiger partial charge in [-0.05, 0) is 70.8 Å². The summed E-state index contributed by atoms with van der Waals surface area (Å²) in [5.74, 6) is 0.915. The van der Waals surface area contributed by atoms with Crippen LogP contribution in [0.2, 0.25) is 0 Å². The van der Waals surface area contributed by atoms with Crippen LogP contribution in [0, 0.1) is 0 Å². The number of aryl methyl sites for hydroxylation is 1. The first kappa shape index (κ1) is 13.4. The smallest absolute Gasteiger partial charge is 0.118 e. The monoisotopic (exact) mass is 288 g/mol. The molecule has 1 aliphatic carbocycles. The second-order valence-corrected chi connectivity index (χ2v) is 6.05. The van der Waals surface area contributed by atoms with Gasteiger partial charge in [0.2, 0.25) is 0 Å². The third-order valence-electron chi connectivity index (χ3n) is 4.75. The highest BCUT2D eigenvalue weighted by Gasteiger charge is 2.17. The molecule has 0 saturated heterocycles. The molecule has 0 radical (unpaired) electrons. The van der Waals surface area contributed by atoms with Crippen LogP contribution < -0.4 is 4.74 Å². The molecule has 1 aliphatic rings. The van der Waals surface area contributed by atoms with Crippen molar-refractivity contribution >= 4 is 10.8 Å². The zero-order valence-electron chi connectivity index (χ0n) is 12.9. The number of hydrogen-bond acceptors (Lipinski definition) is 1. The lowest BCUT2D eigenvalue weighted by atomic mass is 9.83. The number of hydrogen-bond donors (Lipinski definition) is 0. The van der Waals surface area contributed by atoms with E-state index in [4.69, 9.17) is 4.74 Å². The van der Waals surface area contributed by atoms with Crippen LogP contribution in [0.25, 0.3) is 21.9 Å². The van der Waals surface area contributed by atoms with Crippen LogP contribution >= 0.6 is 0 Å². The van der Waals surface area contributed by atoms with E-state index < -0.39 is 0 Å². The maximum absolute atomic E-state index is 5.31. The van der Waals surface area contributed by atoms with Crippen molar-refractivity contribution in [3.05, 3.63) is 65.7 Å². The molecule has 0 fully saturated rings. The van der Waals surface area contributed by atoms with E-state index >= 15 is 0 Å². The van der Waals surface area contributed by atoms with E-state index in [1.54, 1.807) is 12.7 Å². The van der Waals surface area contributed by atoms with Gasteiger partial charge in [0.15, 0.2) is 0 Å². The lowest BCUT2D eigenvalue weighted by molar-refractivity contribution is 0.415. The first-order valence-electron chi connectivity index (χ1n) is 8.05. The minimum Gasteiger partial charge on any atom is -0.497 e. The van der Waals surface area contributed by atoms with Gasteiger partial charge in [-0.3, -0.25) is 0 Å². The van der Waals surface area contributed by atoms with Crippen molar-refractivity contribution in [3.8, 4) is 16.9 Å². The second kappa shape index (κ2) is 5.49. The quantitative estimate of drug-likeness (QED) is 0.614. The molecule has 1 heteroatoms. The van der Waals surface area contributed by atoms with E-state index in [0.29, 0.717) is 0 Å². The van der Waals surface area contributed by atoms with Crippen LogP contribution in [-0.4, -0.2) is 7.11 Å². The average Bonchev–Trinajstić information content (AvgIpc) is 2.60. The van der Waals surface area contributed by atoms with Gasteiger partial charge in [-0.25, -0.2) is 0 Å². The summed E-state index contributed by atoms with van der Waals surface area (Å²) in [5.41, 5.74) is 5.82. The third-order valence-corrected chi connectivity index (χ3v) is 4.75. The van der Waals surface area contributed by atoms with Gasteiger partial charge in [-0.1, -0.05) is 42.5 Å². The van der Waals surface area contributed by atoms with Crippen LogP contribution in [0.3, 0.4) is 0 Å². The largest absolute Gasteiger partial charge is 0.497 e. The highest BCUT2D eigenvalue weighted by molar-refractivity contribution is 5.99. The summed E-state index contributed by atoms with van der Waals surface area (Å²) in [6, 6.07) is 19.7. The highest BCUT2D eigenvalue weighted by atomic mass is 16.5. The van der Waals surface area contributed by atoms with Crippen LogP contribution in [0.15, 0.2) is 54.6 Å². The van der Waals surface area contributed by atoms with E-state index in [9.17, 15) is 0 Å². The first-order valence-corrected chi connectivity index (χ1v) is 8.05. The minimum atomic E-state index is 0.915. The molecule has 0 heterocycles. The molecule has 0 aromatic heterocycles. The lowest BCUT2D eigenvalue weighted by Gasteiger charge is -2.22. The molecule has 22 heavy (non-hydrogen) atoms. The summed E-state index contributed by atoms with van der Waals surface area (Å²) in [4.78, 5) is 0. The normalized spacial score (nSPS) is 13.9. The predicted octanol–water partition coefficient (Wildman–Crippen LogP) is 5.39. The molecule has 0 saturated carbocycles. The Labute approximate surface area is 131 Å². The molecular formula is C21H20O. The van der Waals surface area contributed by atoms with Crippen molar-refractivity contribution in [3.63, 3.8) is 0 Å². The van der Waals surface area contributed by atoms with Crippen molar-refractivity contribution in [2.75, 3.05) is 7.11 Å². The van der Waals surface area contributed by atoms with Crippen molar-refractivity contribution in [2.24, 2.45) is 0 Å². The first-order chi connectivity index (χ1) is 10.9. The van der Waals surface area contributed by atoms with E-state index in [1.807, 2.05) is 0 Å². The molecule has 3 aromatic rings. The van der Waals surface area contributed by atoms with E-state index in [2.05, 4.69) is 54.6 Å². The molecule has 0 amide bonds. The fraction of sp³-hybridized carbons (Fsp3) is 0.238. The van der Waals surface area contributed by atoms with E-state index in [-0.39, 0.29) is 0 Å². The fourth-order valence-electron chi connectivity index (χ4n) is 3.66. The Morgan fingerprint density at radius 3 is 2.45 bits per heavy atom. The summed E-state index contributed by atoms with van der Waals surface area (Å²) in [7, 11) is 1.72. The van der Waals surface area contributed by atoms with Gasteiger partial charge >= 0.3 is 0 Å². The molecule has 0 aliphatic heterocycles. The topological polar surface area (TPSA) is 9.23 Å². The van der Waals surface area contributed by atoms with Crippen LogP contribution in [-0.2, 0) is 12.8 Å². The van der Waals surface area contributed by atoms with Crippen LogP contribution in [0.1, 0.15) is 24.0 Å². The van der Waals surface area contributed by atoms with Gasteiger partial charge in [0.1, 0.15) is 5.75 Å². The molecular weight excluding hydrogens is 268 g/mol. The van der Waals surface area contributed by atoms with Crippen molar-refractivity contribution < 1.29 is 4.74 Å². The van der Waals surface area contributed by atoms with Crippen LogP contribution in [0.4, 0.5) is 0 Å². The number of ether oxygens (including phenoxy) is 1. The van der Waals surface area contributed by atoms with Gasteiger partial charge in [0.25, 0.3) is 0 Å². The van der Waals surface area contributed by atoms with Gasteiger partial charge in [0, 0.05) is 0 Å². The van der Waals surface area contributed by atoms with Gasteiger partial charge in [0.05, 0.1) is 7.11 Å². The highest BCUT2D eigenvalue weighted by Crippen LogP contribution is 2.38. The van der Waals surface area contributed by atoms with Crippen LogP contribution in [0.5, 0.6) is 5.75 Å². The van der Waals surface area contributed by atoms with E-state index in [0.717, 1.165) is 5.75 Å². The van der Waals surface area contributed by atoms with Crippen molar-refractivity contribution in [2.45, 2.75) is 25.7 Å². The Bertz CT molecular complexity index is 815. The zero-order valence-corrected chi connectivity index (χ0v) is 12.9. The third kappa shape index (κ3) is 2.18. The molecule has 3 aromatic carbocycles. The summed E-state index contributed by atoms with van der Waals surface area (Å²) < 4.78 is 5.31. The Hall–Kier alpha value is -2.28. The summed E-state index contributed by atoms with van der Waals surface area (Å²) >= 11 is 0. The fourth-order valence-corrected chi connectivity index (χ4v) is 3.66. The standard InChI is InChI=1S/C21H20O/c1-22-18-12-10-15(11-13-18)21-19-8-4-2-6-16(19)14-17-7-3-5-9-20(17)21/h2,4,6,8,10-14H,3,5,7,9H2,1H3. The van der Waals surface area contributed by atoms with Crippen molar-refractivity contribution in [1.29, 1.82) is 0 Å². The molecule has 0 atom stereocenters. The number of benzene rings is 3. The average molecular weight is 288 g/mol. The summed E-state index contributed by atoms with van der Waals surface area (Å²) in [6.07, 6.45) is 5.02. The van der Waals surface area contributed by atoms with Gasteiger partial charge < -0.3 is 4.74 Å². The zero-order chi connectivity index (χ0) is 14.9. The van der Waals surface area contributed by atoms with E-state index in [1.165, 1.54) is 53.1 Å². The van der Waals surface area contributed by atoms with Crippen molar-refractivity contribution in [1.82, 2.24) is 0 Å².